The fraction of sp³-hybridized carbons (Fsp3) is 0.158. The maximum atomic E-state index is 12.9. The molecule has 24 heavy (non-hydrogen) atoms. The summed E-state index contributed by atoms with van der Waals surface area (Å²) in [5.74, 6) is -0.562. The average molecular weight is 452 g/mol. The van der Waals surface area contributed by atoms with E-state index in [4.69, 9.17) is 4.74 Å². The normalized spacial score (nSPS) is 11.6. The van der Waals surface area contributed by atoms with E-state index in [-0.39, 0.29) is 27.3 Å². The van der Waals surface area contributed by atoms with Crippen LogP contribution in [0, 0.1) is 0 Å². The molecule has 0 aliphatic heterocycles. The minimum atomic E-state index is -0.434. The monoisotopic (exact) mass is 452 g/mol. The number of hydrogen-bond acceptors (Lipinski definition) is 3. The quantitative estimate of drug-likeness (QED) is 0.292. The molecule has 2 rings (SSSR count). The zero-order chi connectivity index (χ0) is 17.5. The third-order valence-electron chi connectivity index (χ3n) is 3.20. The molecule has 124 valence electrons. The van der Waals surface area contributed by atoms with E-state index in [1.807, 2.05) is 42.5 Å². The van der Waals surface area contributed by atoms with Gasteiger partial charge in [0.25, 0.3) is 0 Å². The van der Waals surface area contributed by atoms with Gasteiger partial charge in [-0.15, -0.1) is 0 Å². The van der Waals surface area contributed by atoms with Gasteiger partial charge in [-0.1, -0.05) is 0 Å². The van der Waals surface area contributed by atoms with Crippen LogP contribution in [0.15, 0.2) is 69.1 Å². The first kappa shape index (κ1) is 18.7. The van der Waals surface area contributed by atoms with Crippen molar-refractivity contribution in [2.75, 3.05) is 6.61 Å². The Morgan fingerprint density at radius 3 is 2.25 bits per heavy atom. The number of ketones is 1. The molecule has 0 heterocycles. The summed E-state index contributed by atoms with van der Waals surface area (Å²) in [7, 11) is 0. The third kappa shape index (κ3) is 4.91. The number of hydrogen-bond donors (Lipinski definition) is 0. The topological polar surface area (TPSA) is 43.4 Å². The van der Waals surface area contributed by atoms with Gasteiger partial charge in [0.2, 0.25) is 0 Å². The van der Waals surface area contributed by atoms with Crippen molar-refractivity contribution >= 4 is 47.1 Å². The molecule has 0 saturated heterocycles. The Balaban J connectivity index is 2.41. The first-order chi connectivity index (χ1) is 11.5. The van der Waals surface area contributed by atoms with Gasteiger partial charge in [-0.3, -0.25) is 0 Å². The first-order valence-corrected chi connectivity index (χ1v) is 9.94. The summed E-state index contributed by atoms with van der Waals surface area (Å²) in [6.45, 7) is 3.70. The van der Waals surface area contributed by atoms with Crippen LogP contribution in [0.2, 0.25) is 0 Å². The van der Waals surface area contributed by atoms with Crippen molar-refractivity contribution < 1.29 is 14.3 Å². The summed E-state index contributed by atoms with van der Waals surface area (Å²) in [5.41, 5.74) is 0.947. The molecule has 0 aliphatic carbocycles. The number of Topliss-reactive ketones (excluding diaryl/α,β-unsaturated/α-hetero) is 1. The molecular weight excluding hydrogens is 435 g/mol. The predicted molar refractivity (Wildman–Crippen MR) is 99.6 cm³/mol. The molecular formula is C19H17BrO3Se. The standard InChI is InChI=1S/C19H17BrO3Se/c1-3-23-19(22)13(2)18(24-16-7-5-4-6-8-16)17(21)14-9-11-15(20)12-10-14/h4-12H,3H2,1-2H3/b18-13+. The Labute approximate surface area is 156 Å². The number of rotatable bonds is 6. The average Bonchev–Trinajstić information content (AvgIpc) is 2.60. The van der Waals surface area contributed by atoms with E-state index in [1.54, 1.807) is 26.0 Å². The summed E-state index contributed by atoms with van der Waals surface area (Å²) < 4.78 is 7.54. The molecule has 0 bridgehead atoms. The maximum absolute atomic E-state index is 12.9. The van der Waals surface area contributed by atoms with Crippen molar-refractivity contribution in [1.29, 1.82) is 0 Å². The fourth-order valence-corrected chi connectivity index (χ4v) is 4.28. The molecule has 3 nitrogen and oxygen atoms in total. The molecule has 0 atom stereocenters. The molecule has 0 aromatic heterocycles. The Kier molecular flexibility index (Phi) is 6.98. The Hall–Kier alpha value is -1.68. The molecule has 0 amide bonds. The van der Waals surface area contributed by atoms with E-state index in [1.165, 1.54) is 0 Å². The molecule has 0 aliphatic rings. The zero-order valence-electron chi connectivity index (χ0n) is 13.4. The van der Waals surface area contributed by atoms with E-state index in [2.05, 4.69) is 15.9 Å². The molecule has 0 radical (unpaired) electrons. The van der Waals surface area contributed by atoms with Gasteiger partial charge in [-0.2, -0.15) is 0 Å². The minimum absolute atomic E-state index is 0.128. The summed E-state index contributed by atoms with van der Waals surface area (Å²) in [5, 5.41) is 0. The second kappa shape index (κ2) is 8.97. The van der Waals surface area contributed by atoms with Gasteiger partial charge in [0, 0.05) is 0 Å². The van der Waals surface area contributed by atoms with Gasteiger partial charge in [0.05, 0.1) is 0 Å². The summed E-state index contributed by atoms with van der Waals surface area (Å²) in [4.78, 5) is 25.1. The van der Waals surface area contributed by atoms with E-state index in [9.17, 15) is 9.59 Å². The number of carbonyl (C=O) groups is 2. The van der Waals surface area contributed by atoms with Crippen LogP contribution in [0.25, 0.3) is 0 Å². The van der Waals surface area contributed by atoms with Crippen LogP contribution < -0.4 is 4.46 Å². The van der Waals surface area contributed by atoms with E-state index < -0.39 is 5.97 Å². The van der Waals surface area contributed by atoms with Crippen LogP contribution in [0.3, 0.4) is 0 Å². The van der Waals surface area contributed by atoms with Crippen molar-refractivity contribution in [3.8, 4) is 0 Å². The van der Waals surface area contributed by atoms with Crippen molar-refractivity contribution in [1.82, 2.24) is 0 Å². The molecule has 2 aromatic carbocycles. The third-order valence-corrected chi connectivity index (χ3v) is 6.25. The molecule has 2 aromatic rings. The van der Waals surface area contributed by atoms with Crippen molar-refractivity contribution in [2.45, 2.75) is 13.8 Å². The molecule has 5 heteroatoms. The van der Waals surface area contributed by atoms with E-state index in [0.717, 1.165) is 8.93 Å². The number of allylic oxidation sites excluding steroid dienone is 1. The van der Waals surface area contributed by atoms with Gasteiger partial charge in [-0.25, -0.2) is 0 Å². The fourth-order valence-electron chi connectivity index (χ4n) is 1.96. The molecule has 0 fully saturated rings. The molecule has 0 unspecified atom stereocenters. The van der Waals surface area contributed by atoms with Crippen LogP contribution in [0.4, 0.5) is 0 Å². The van der Waals surface area contributed by atoms with Gasteiger partial charge in [0.15, 0.2) is 0 Å². The van der Waals surface area contributed by atoms with Crippen LogP contribution in [0.5, 0.6) is 0 Å². The van der Waals surface area contributed by atoms with Crippen LogP contribution in [-0.2, 0) is 9.53 Å². The number of ether oxygens (including phenoxy) is 1. The zero-order valence-corrected chi connectivity index (χ0v) is 16.7. The Bertz CT molecular complexity index is 752. The number of halogens is 1. The predicted octanol–water partition coefficient (Wildman–Crippen LogP) is 3.50. The molecule has 0 N–H and O–H groups in total. The molecule has 0 saturated carbocycles. The van der Waals surface area contributed by atoms with Crippen molar-refractivity contribution in [3.05, 3.63) is 74.7 Å². The summed E-state index contributed by atoms with van der Waals surface area (Å²) in [6, 6.07) is 16.9. The van der Waals surface area contributed by atoms with Crippen molar-refractivity contribution in [2.24, 2.45) is 0 Å². The second-order valence-corrected chi connectivity index (χ2v) is 8.12. The Morgan fingerprint density at radius 1 is 1.04 bits per heavy atom. The van der Waals surface area contributed by atoms with E-state index >= 15 is 0 Å². The molecule has 0 spiro atoms. The first-order valence-electron chi connectivity index (χ1n) is 7.44. The van der Waals surface area contributed by atoms with Crippen molar-refractivity contribution in [3.63, 3.8) is 0 Å². The van der Waals surface area contributed by atoms with Gasteiger partial charge in [0.1, 0.15) is 0 Å². The van der Waals surface area contributed by atoms with Crippen LogP contribution >= 0.6 is 15.9 Å². The van der Waals surface area contributed by atoms with Crippen LogP contribution in [0.1, 0.15) is 24.2 Å². The summed E-state index contributed by atoms with van der Waals surface area (Å²) >= 11 is 3.09. The number of esters is 1. The van der Waals surface area contributed by atoms with E-state index in [0.29, 0.717) is 15.6 Å². The summed E-state index contributed by atoms with van der Waals surface area (Å²) in [6.07, 6.45) is 0. The number of benzene rings is 2. The van der Waals surface area contributed by atoms with Gasteiger partial charge < -0.3 is 0 Å². The number of carbonyl (C=O) groups excluding carboxylic acids is 2. The van der Waals surface area contributed by atoms with Crippen LogP contribution in [-0.4, -0.2) is 33.3 Å². The van der Waals surface area contributed by atoms with Gasteiger partial charge >= 0.3 is 157 Å². The van der Waals surface area contributed by atoms with Gasteiger partial charge in [-0.05, 0) is 0 Å². The Morgan fingerprint density at radius 2 is 1.67 bits per heavy atom. The SMILES string of the molecule is CCOC(=O)/C(C)=C(/[Se]c1ccccc1)C(=O)c1ccc(Br)cc1. The second-order valence-electron chi connectivity index (χ2n) is 4.93.